The zero-order valence-electron chi connectivity index (χ0n) is 17.2. The molecule has 0 unspecified atom stereocenters. The summed E-state index contributed by atoms with van der Waals surface area (Å²) < 4.78 is 0. The summed E-state index contributed by atoms with van der Waals surface area (Å²) in [4.78, 5) is 28.9. The number of pyridine rings is 1. The average Bonchev–Trinajstić information content (AvgIpc) is 2.53. The van der Waals surface area contributed by atoms with Crippen LogP contribution in [0.4, 0.5) is 0 Å². The second kappa shape index (κ2) is 17.2. The third-order valence-electron chi connectivity index (χ3n) is 3.11. The van der Waals surface area contributed by atoms with E-state index in [-0.39, 0.29) is 11.6 Å². The Morgan fingerprint density at radius 1 is 0.960 bits per heavy atom. The molecule has 1 heterocycles. The fraction of sp³-hybridized carbons (Fsp3) is 0.650. The number of Topliss-reactive ketones (excluding diaryl/α,β-unsaturated/α-hetero) is 2. The Kier molecular flexibility index (Phi) is 17.7. The second-order valence-corrected chi connectivity index (χ2v) is 6.17. The Bertz CT molecular complexity index is 444. The first kappa shape index (κ1) is 25.6. The van der Waals surface area contributed by atoms with Crippen molar-refractivity contribution in [3.8, 4) is 0 Å². The Balaban J connectivity index is 0. The van der Waals surface area contributed by atoms with Crippen molar-refractivity contribution in [3.63, 3.8) is 0 Å². The molecule has 0 aliphatic heterocycles. The van der Waals surface area contributed by atoms with Gasteiger partial charge in [0.2, 0.25) is 0 Å². The van der Waals surface area contributed by atoms with E-state index in [2.05, 4.69) is 36.7 Å². The molecule has 0 saturated carbocycles. The Hall–Kier alpha value is -1.59. The summed E-state index contributed by atoms with van der Waals surface area (Å²) in [6, 6.07) is 6.03. The number of nitrogens with zero attached hydrogens (tertiary/aromatic N) is 3. The molecule has 0 amide bonds. The smallest absolute Gasteiger partial charge is 0.143 e. The number of aryl methyl sites for hydroxylation is 1. The first-order valence-corrected chi connectivity index (χ1v) is 9.02. The first-order valence-electron chi connectivity index (χ1n) is 9.02. The molecule has 0 atom stereocenters. The van der Waals surface area contributed by atoms with Crippen molar-refractivity contribution in [1.29, 1.82) is 0 Å². The maximum atomic E-state index is 10.5. The summed E-state index contributed by atoms with van der Waals surface area (Å²) in [7, 11) is 3.75. The zero-order valence-corrected chi connectivity index (χ0v) is 17.2. The summed E-state index contributed by atoms with van der Waals surface area (Å²) in [6.07, 6.45) is 4.11. The van der Waals surface area contributed by atoms with Crippen molar-refractivity contribution in [2.75, 3.05) is 40.3 Å². The molecule has 5 heteroatoms. The Morgan fingerprint density at radius 3 is 1.76 bits per heavy atom. The van der Waals surface area contributed by atoms with Crippen LogP contribution in [0.25, 0.3) is 0 Å². The Labute approximate surface area is 154 Å². The molecule has 1 aromatic rings. The van der Waals surface area contributed by atoms with Gasteiger partial charge in [0.25, 0.3) is 0 Å². The lowest BCUT2D eigenvalue weighted by Crippen LogP contribution is -2.27. The molecule has 0 spiro atoms. The van der Waals surface area contributed by atoms with Crippen LogP contribution in [0.1, 0.15) is 46.7 Å². The normalized spacial score (nSPS) is 9.80. The molecule has 0 aliphatic carbocycles. The number of hydrogen-bond acceptors (Lipinski definition) is 5. The van der Waals surface area contributed by atoms with Gasteiger partial charge in [-0.15, -0.1) is 0 Å². The van der Waals surface area contributed by atoms with Crippen LogP contribution in [0, 0.1) is 0 Å². The topological polar surface area (TPSA) is 53.5 Å². The minimum absolute atomic E-state index is 0.213. The number of hydrogen-bond donors (Lipinski definition) is 0. The SMILES string of the molecule is CC(=O)CN(C)C.CCCc1ccccn1.CCN(CC)CC(C)=O. The van der Waals surface area contributed by atoms with Crippen LogP contribution in [0.15, 0.2) is 24.4 Å². The van der Waals surface area contributed by atoms with Gasteiger partial charge in [0.05, 0.1) is 13.1 Å². The summed E-state index contributed by atoms with van der Waals surface area (Å²) in [5, 5.41) is 0. The van der Waals surface area contributed by atoms with E-state index in [0.29, 0.717) is 13.1 Å². The van der Waals surface area contributed by atoms with Gasteiger partial charge in [-0.3, -0.25) is 19.5 Å². The monoisotopic (exact) mass is 351 g/mol. The van der Waals surface area contributed by atoms with E-state index in [9.17, 15) is 9.59 Å². The van der Waals surface area contributed by atoms with Gasteiger partial charge in [0.15, 0.2) is 0 Å². The number of likely N-dealkylation sites (N-methyl/N-ethyl adjacent to an activating group) is 2. The highest BCUT2D eigenvalue weighted by Crippen LogP contribution is 1.95. The quantitative estimate of drug-likeness (QED) is 0.720. The molecule has 0 N–H and O–H groups in total. The molecule has 0 saturated heterocycles. The fourth-order valence-electron chi connectivity index (χ4n) is 2.01. The molecule has 144 valence electrons. The molecule has 1 rings (SSSR count). The molecule has 0 fully saturated rings. The van der Waals surface area contributed by atoms with Crippen LogP contribution >= 0.6 is 0 Å². The van der Waals surface area contributed by atoms with Gasteiger partial charge in [0.1, 0.15) is 11.6 Å². The summed E-state index contributed by atoms with van der Waals surface area (Å²) in [5.41, 5.74) is 1.19. The van der Waals surface area contributed by atoms with Crippen molar-refractivity contribution in [2.24, 2.45) is 0 Å². The maximum Gasteiger partial charge on any atom is 0.143 e. The van der Waals surface area contributed by atoms with E-state index < -0.39 is 0 Å². The standard InChI is InChI=1S/C8H11N.C7H15NO.C5H11NO/c1-2-5-8-6-3-4-7-9-8;1-4-8(5-2)6-7(3)9;1-5(7)4-6(2)3/h3-4,6-7H,2,5H2,1H3;4-6H2,1-3H3;4H2,1-3H3. The predicted octanol–water partition coefficient (Wildman–Crippen LogP) is 3.09. The van der Waals surface area contributed by atoms with Gasteiger partial charge in [0, 0.05) is 11.9 Å². The van der Waals surface area contributed by atoms with E-state index in [1.54, 1.807) is 13.8 Å². The fourth-order valence-corrected chi connectivity index (χ4v) is 2.01. The lowest BCUT2D eigenvalue weighted by atomic mass is 10.2. The van der Waals surface area contributed by atoms with Crippen LogP contribution in [0.5, 0.6) is 0 Å². The number of ketones is 2. The van der Waals surface area contributed by atoms with Crippen LogP contribution < -0.4 is 0 Å². The molecule has 1 aromatic heterocycles. The van der Waals surface area contributed by atoms with Crippen LogP contribution in [0.3, 0.4) is 0 Å². The molecule has 0 aromatic carbocycles. The van der Waals surface area contributed by atoms with Gasteiger partial charge in [-0.05, 0) is 59.6 Å². The lowest BCUT2D eigenvalue weighted by Gasteiger charge is -2.14. The van der Waals surface area contributed by atoms with Crippen molar-refractivity contribution in [2.45, 2.75) is 47.5 Å². The van der Waals surface area contributed by atoms with E-state index in [1.807, 2.05) is 37.3 Å². The molecule has 25 heavy (non-hydrogen) atoms. The van der Waals surface area contributed by atoms with Gasteiger partial charge in [-0.25, -0.2) is 0 Å². The molecular formula is C20H37N3O2. The predicted molar refractivity (Wildman–Crippen MR) is 106 cm³/mol. The highest BCUT2D eigenvalue weighted by molar-refractivity contribution is 5.77. The van der Waals surface area contributed by atoms with Crippen molar-refractivity contribution in [3.05, 3.63) is 30.1 Å². The average molecular weight is 352 g/mol. The summed E-state index contributed by atoms with van der Waals surface area (Å²) in [5.74, 6) is 0.462. The van der Waals surface area contributed by atoms with E-state index in [0.717, 1.165) is 19.5 Å². The van der Waals surface area contributed by atoms with Crippen molar-refractivity contribution in [1.82, 2.24) is 14.8 Å². The van der Waals surface area contributed by atoms with Crippen LogP contribution in [-0.2, 0) is 16.0 Å². The molecule has 0 radical (unpaired) electrons. The van der Waals surface area contributed by atoms with Gasteiger partial charge in [-0.2, -0.15) is 0 Å². The van der Waals surface area contributed by atoms with Crippen molar-refractivity contribution >= 4 is 11.6 Å². The second-order valence-electron chi connectivity index (χ2n) is 6.17. The minimum atomic E-state index is 0.213. The third kappa shape index (κ3) is 20.4. The van der Waals surface area contributed by atoms with Crippen LogP contribution in [-0.4, -0.2) is 66.6 Å². The highest BCUT2D eigenvalue weighted by Gasteiger charge is 2.00. The van der Waals surface area contributed by atoms with Crippen LogP contribution in [0.2, 0.25) is 0 Å². The third-order valence-corrected chi connectivity index (χ3v) is 3.11. The lowest BCUT2D eigenvalue weighted by molar-refractivity contribution is -0.118. The number of carbonyl (C=O) groups excluding carboxylic acids is 2. The summed E-state index contributed by atoms with van der Waals surface area (Å²) >= 11 is 0. The highest BCUT2D eigenvalue weighted by atomic mass is 16.1. The first-order chi connectivity index (χ1) is 11.8. The Morgan fingerprint density at radius 2 is 1.52 bits per heavy atom. The summed E-state index contributed by atoms with van der Waals surface area (Å²) in [6.45, 7) is 12.6. The van der Waals surface area contributed by atoms with E-state index >= 15 is 0 Å². The van der Waals surface area contributed by atoms with Gasteiger partial charge in [-0.1, -0.05) is 33.3 Å². The number of carbonyl (C=O) groups is 2. The molecule has 0 aliphatic rings. The molecule has 0 bridgehead atoms. The van der Waals surface area contributed by atoms with Crippen molar-refractivity contribution < 1.29 is 9.59 Å². The van der Waals surface area contributed by atoms with E-state index in [1.165, 1.54) is 12.1 Å². The number of rotatable bonds is 8. The molecule has 5 nitrogen and oxygen atoms in total. The van der Waals surface area contributed by atoms with Gasteiger partial charge >= 0.3 is 0 Å². The minimum Gasteiger partial charge on any atom is -0.302 e. The zero-order chi connectivity index (χ0) is 19.7. The largest absolute Gasteiger partial charge is 0.302 e. The molecular weight excluding hydrogens is 314 g/mol. The van der Waals surface area contributed by atoms with Gasteiger partial charge < -0.3 is 4.90 Å². The maximum absolute atomic E-state index is 10.5. The van der Waals surface area contributed by atoms with E-state index in [4.69, 9.17) is 0 Å². The number of aromatic nitrogens is 1.